The molecule has 5 N–H and O–H groups in total. The van der Waals surface area contributed by atoms with Gasteiger partial charge in [0, 0.05) is 29.9 Å². The van der Waals surface area contributed by atoms with Gasteiger partial charge in [0.15, 0.2) is 6.23 Å². The molecule has 0 aliphatic heterocycles. The van der Waals surface area contributed by atoms with E-state index in [1.54, 1.807) is 19.1 Å². The van der Waals surface area contributed by atoms with Crippen molar-refractivity contribution in [3.05, 3.63) is 83.6 Å². The Morgan fingerprint density at radius 2 is 1.95 bits per heavy atom. The second-order valence-corrected chi connectivity index (χ2v) is 9.23. The van der Waals surface area contributed by atoms with Gasteiger partial charge in [0.25, 0.3) is 12.3 Å². The Labute approximate surface area is 216 Å². The van der Waals surface area contributed by atoms with Crippen LogP contribution in [0.4, 0.5) is 14.5 Å². The summed E-state index contributed by atoms with van der Waals surface area (Å²) in [6.07, 6.45) is 0.119. The molecular weight excluding hydrogens is 496 g/mol. The Hall–Kier alpha value is -4.00. The van der Waals surface area contributed by atoms with Gasteiger partial charge in [-0.25, -0.2) is 18.7 Å². The largest absolute Gasteiger partial charge is 0.391 e. The number of alkyl halides is 2. The van der Waals surface area contributed by atoms with Crippen LogP contribution < -0.4 is 16.0 Å². The zero-order chi connectivity index (χ0) is 26.8. The van der Waals surface area contributed by atoms with E-state index in [-0.39, 0.29) is 5.56 Å². The highest BCUT2D eigenvalue weighted by atomic mass is 19.3. The second kappa shape index (κ2) is 10.8. The van der Waals surface area contributed by atoms with Gasteiger partial charge >= 0.3 is 0 Å². The van der Waals surface area contributed by atoms with Crippen molar-refractivity contribution in [2.24, 2.45) is 0 Å². The van der Waals surface area contributed by atoms with Crippen molar-refractivity contribution >= 4 is 22.5 Å². The number of hydrogen-bond acceptors (Lipinski definition) is 8. The lowest BCUT2D eigenvalue weighted by molar-refractivity contribution is 0.0720. The van der Waals surface area contributed by atoms with Crippen LogP contribution in [0.3, 0.4) is 0 Å². The SMILES string of the molecule is Cc1cc2cnn(CC(F)F)c2cc1NC(O)C(NC(=O)c1cncnc1)N[C@H]1c2ccccc2C[C@H]1O. The normalized spacial score (nSPS) is 18.4. The van der Waals surface area contributed by atoms with E-state index < -0.39 is 43.4 Å². The van der Waals surface area contributed by atoms with Crippen LogP contribution in [-0.4, -0.2) is 60.8 Å². The van der Waals surface area contributed by atoms with Crippen LogP contribution in [0.5, 0.6) is 0 Å². The third-order valence-corrected chi connectivity index (χ3v) is 6.59. The molecule has 0 saturated heterocycles. The first kappa shape index (κ1) is 25.6. The van der Waals surface area contributed by atoms with E-state index in [9.17, 15) is 23.8 Å². The number of amides is 1. The van der Waals surface area contributed by atoms with Gasteiger partial charge in [-0.3, -0.25) is 14.8 Å². The summed E-state index contributed by atoms with van der Waals surface area (Å²) in [7, 11) is 0. The summed E-state index contributed by atoms with van der Waals surface area (Å²) in [4.78, 5) is 20.7. The van der Waals surface area contributed by atoms with Crippen LogP contribution in [0.25, 0.3) is 10.9 Å². The summed E-state index contributed by atoms with van der Waals surface area (Å²) < 4.78 is 27.2. The van der Waals surface area contributed by atoms with Crippen molar-refractivity contribution in [1.29, 1.82) is 0 Å². The maximum Gasteiger partial charge on any atom is 0.257 e. The topological polar surface area (TPSA) is 137 Å². The van der Waals surface area contributed by atoms with E-state index >= 15 is 0 Å². The maximum absolute atomic E-state index is 13.0. The summed E-state index contributed by atoms with van der Waals surface area (Å²) in [6.45, 7) is 1.24. The summed E-state index contributed by atoms with van der Waals surface area (Å²) in [5, 5.41) is 35.7. The van der Waals surface area contributed by atoms with Crippen molar-refractivity contribution < 1.29 is 23.8 Å². The minimum Gasteiger partial charge on any atom is -0.391 e. The van der Waals surface area contributed by atoms with Crippen LogP contribution >= 0.6 is 0 Å². The van der Waals surface area contributed by atoms with Crippen molar-refractivity contribution in [2.45, 2.75) is 50.9 Å². The third kappa shape index (κ3) is 5.32. The fraction of sp³-hybridized carbons (Fsp3) is 0.308. The Kier molecular flexibility index (Phi) is 7.27. The highest BCUT2D eigenvalue weighted by Gasteiger charge is 2.35. The van der Waals surface area contributed by atoms with Gasteiger partial charge < -0.3 is 20.8 Å². The predicted molar refractivity (Wildman–Crippen MR) is 135 cm³/mol. The highest BCUT2D eigenvalue weighted by Crippen LogP contribution is 2.32. The molecule has 2 heterocycles. The number of nitrogens with zero attached hydrogens (tertiary/aromatic N) is 4. The quantitative estimate of drug-likeness (QED) is 0.211. The molecule has 0 fully saturated rings. The first-order chi connectivity index (χ1) is 18.3. The van der Waals surface area contributed by atoms with Gasteiger partial charge in [-0.05, 0) is 35.7 Å². The minimum atomic E-state index is -2.58. The molecule has 5 rings (SSSR count). The van der Waals surface area contributed by atoms with E-state index in [1.165, 1.54) is 29.6 Å². The van der Waals surface area contributed by atoms with E-state index in [1.807, 2.05) is 24.3 Å². The maximum atomic E-state index is 13.0. The lowest BCUT2D eigenvalue weighted by Gasteiger charge is -2.31. The molecule has 10 nitrogen and oxygen atoms in total. The standard InChI is InChI=1S/C26H27F2N7O3/c1-14-6-16-11-31-35(12-22(27)28)20(16)8-19(14)32-26(38)24(34-25(37)17-9-29-13-30-10-17)33-23-18-5-3-2-4-15(18)7-21(23)36/h2-6,8-11,13,21-24,26,32-33,36,38H,7,12H2,1H3,(H,34,37)/t21-,23+,24?,26?/m1/s1. The van der Waals surface area contributed by atoms with E-state index in [0.717, 1.165) is 16.7 Å². The number of aliphatic hydroxyl groups excluding tert-OH is 2. The Morgan fingerprint density at radius 1 is 1.18 bits per heavy atom. The van der Waals surface area contributed by atoms with E-state index in [0.29, 0.717) is 23.0 Å². The molecular formula is C26H27F2N7O3. The molecule has 0 spiro atoms. The summed E-state index contributed by atoms with van der Waals surface area (Å²) in [6, 6.07) is 10.4. The first-order valence-electron chi connectivity index (χ1n) is 12.1. The smallest absolute Gasteiger partial charge is 0.257 e. The zero-order valence-electron chi connectivity index (χ0n) is 20.4. The molecule has 12 heteroatoms. The van der Waals surface area contributed by atoms with Gasteiger partial charge in [-0.1, -0.05) is 24.3 Å². The molecule has 1 aliphatic carbocycles. The van der Waals surface area contributed by atoms with Gasteiger partial charge in [0.05, 0.1) is 29.4 Å². The molecule has 2 aromatic carbocycles. The van der Waals surface area contributed by atoms with Gasteiger partial charge in [-0.2, -0.15) is 5.10 Å². The number of nitrogens with one attached hydrogen (secondary N) is 3. The number of rotatable bonds is 9. The average molecular weight is 524 g/mol. The van der Waals surface area contributed by atoms with Crippen LogP contribution in [0, 0.1) is 6.92 Å². The minimum absolute atomic E-state index is 0.187. The molecule has 1 amide bonds. The average Bonchev–Trinajstić information content (AvgIpc) is 3.43. The Bertz CT molecular complexity index is 1430. The molecule has 0 saturated carbocycles. The van der Waals surface area contributed by atoms with Crippen LogP contribution in [0.1, 0.15) is 33.1 Å². The summed E-state index contributed by atoms with van der Waals surface area (Å²) in [5.74, 6) is -0.535. The lowest BCUT2D eigenvalue weighted by Crippen LogP contribution is -2.57. The number of halogens is 2. The predicted octanol–water partition coefficient (Wildman–Crippen LogP) is 2.13. The molecule has 0 radical (unpaired) electrons. The Balaban J connectivity index is 1.43. The molecule has 2 unspecified atom stereocenters. The third-order valence-electron chi connectivity index (χ3n) is 6.59. The second-order valence-electron chi connectivity index (χ2n) is 9.23. The summed E-state index contributed by atoms with van der Waals surface area (Å²) >= 11 is 0. The van der Waals surface area contributed by atoms with E-state index in [4.69, 9.17) is 0 Å². The number of aromatic nitrogens is 4. The van der Waals surface area contributed by atoms with Crippen LogP contribution in [0.15, 0.2) is 61.3 Å². The number of carbonyl (C=O) groups is 1. The molecule has 1 aliphatic rings. The number of hydrogen-bond donors (Lipinski definition) is 5. The molecule has 38 heavy (non-hydrogen) atoms. The molecule has 198 valence electrons. The van der Waals surface area contributed by atoms with Gasteiger partial charge in [0.2, 0.25) is 0 Å². The van der Waals surface area contributed by atoms with Gasteiger partial charge in [-0.15, -0.1) is 0 Å². The number of carbonyl (C=O) groups excluding carboxylic acids is 1. The monoisotopic (exact) mass is 523 g/mol. The fourth-order valence-electron chi connectivity index (χ4n) is 4.74. The number of benzene rings is 2. The summed E-state index contributed by atoms with van der Waals surface area (Å²) in [5.41, 5.74) is 3.70. The van der Waals surface area contributed by atoms with Crippen LogP contribution in [-0.2, 0) is 13.0 Å². The van der Waals surface area contributed by atoms with Crippen LogP contribution in [0.2, 0.25) is 0 Å². The zero-order valence-corrected chi connectivity index (χ0v) is 20.4. The molecule has 0 bridgehead atoms. The fourth-order valence-corrected chi connectivity index (χ4v) is 4.74. The van der Waals surface area contributed by atoms with Crippen molar-refractivity contribution in [2.75, 3.05) is 5.32 Å². The number of fused-ring (bicyclic) bond motifs is 2. The number of aryl methyl sites for hydroxylation is 1. The first-order valence-corrected chi connectivity index (χ1v) is 12.1. The van der Waals surface area contributed by atoms with Crippen molar-refractivity contribution in [1.82, 2.24) is 30.4 Å². The van der Waals surface area contributed by atoms with Crippen molar-refractivity contribution in [3.63, 3.8) is 0 Å². The molecule has 4 aromatic rings. The van der Waals surface area contributed by atoms with E-state index in [2.05, 4.69) is 31.0 Å². The number of anilines is 1. The van der Waals surface area contributed by atoms with Crippen molar-refractivity contribution in [3.8, 4) is 0 Å². The number of aliphatic hydroxyl groups is 2. The molecule has 2 aromatic heterocycles. The Morgan fingerprint density at radius 3 is 2.71 bits per heavy atom. The molecule has 4 atom stereocenters. The lowest BCUT2D eigenvalue weighted by atomic mass is 10.1. The highest BCUT2D eigenvalue weighted by molar-refractivity contribution is 5.93. The van der Waals surface area contributed by atoms with Gasteiger partial charge in [0.1, 0.15) is 19.0 Å².